The molecule has 0 N–H and O–H groups in total. The summed E-state index contributed by atoms with van der Waals surface area (Å²) < 4.78 is 0.800. The average molecular weight is 181 g/mol. The second-order valence-electron chi connectivity index (χ2n) is 2.45. The molecular weight excluding hydrogens is 170 g/mol. The molecule has 3 heteroatoms. The van der Waals surface area contributed by atoms with E-state index in [1.54, 1.807) is 18.0 Å². The highest BCUT2D eigenvalue weighted by Crippen LogP contribution is 2.13. The molecule has 0 amide bonds. The van der Waals surface area contributed by atoms with Gasteiger partial charge in [-0.3, -0.25) is 0 Å². The third-order valence-electron chi connectivity index (χ3n) is 1.45. The number of thioether (sulfide) groups is 1. The maximum atomic E-state index is 10.6. The van der Waals surface area contributed by atoms with E-state index >= 15 is 0 Å². The van der Waals surface area contributed by atoms with Crippen molar-refractivity contribution in [1.29, 1.82) is 0 Å². The van der Waals surface area contributed by atoms with Gasteiger partial charge in [-0.2, -0.15) is 0 Å². The molecule has 0 aliphatic rings. The Hall–Kier alpha value is -0.960. The summed E-state index contributed by atoms with van der Waals surface area (Å²) in [6, 6.07) is 7.86. The monoisotopic (exact) mass is 181 g/mol. The van der Waals surface area contributed by atoms with E-state index in [4.69, 9.17) is 0 Å². The molecule has 1 aromatic carbocycles. The van der Waals surface area contributed by atoms with E-state index < -0.39 is 0 Å². The van der Waals surface area contributed by atoms with Crippen LogP contribution in [0.3, 0.4) is 0 Å². The molecule has 0 aliphatic heterocycles. The highest BCUT2D eigenvalue weighted by Gasteiger charge is 1.92. The molecule has 0 spiro atoms. The lowest BCUT2D eigenvalue weighted by Gasteiger charge is -1.97. The molecule has 1 rings (SSSR count). The van der Waals surface area contributed by atoms with Gasteiger partial charge in [0.1, 0.15) is 7.05 Å². The van der Waals surface area contributed by atoms with E-state index in [1.807, 2.05) is 30.5 Å². The summed E-state index contributed by atoms with van der Waals surface area (Å²) in [6.45, 7) is 0. The Morgan fingerprint density at radius 2 is 1.92 bits per heavy atom. The lowest BCUT2D eigenvalue weighted by molar-refractivity contribution is -0.416. The first-order valence-corrected chi connectivity index (χ1v) is 4.84. The summed E-state index contributed by atoms with van der Waals surface area (Å²) in [5.41, 5.74) is 0.935. The van der Waals surface area contributed by atoms with Crippen molar-refractivity contribution < 1.29 is 4.74 Å². The van der Waals surface area contributed by atoms with Crippen molar-refractivity contribution in [1.82, 2.24) is 0 Å². The Bertz CT molecular complexity index is 275. The minimum absolute atomic E-state index is 0.800. The topological polar surface area (TPSA) is 26.1 Å². The van der Waals surface area contributed by atoms with Crippen molar-refractivity contribution in [3.8, 4) is 0 Å². The lowest BCUT2D eigenvalue weighted by Crippen LogP contribution is -1.96. The van der Waals surface area contributed by atoms with Gasteiger partial charge in [0.2, 0.25) is 0 Å². The highest BCUT2D eigenvalue weighted by molar-refractivity contribution is 7.98. The predicted octanol–water partition coefficient (Wildman–Crippen LogP) is 1.97. The molecule has 0 atom stereocenters. The number of hydrogen-bond donors (Lipinski definition) is 0. The molecule has 2 nitrogen and oxygen atoms in total. The van der Waals surface area contributed by atoms with Crippen LogP contribution in [0.15, 0.2) is 29.2 Å². The fourth-order valence-electron chi connectivity index (χ4n) is 0.900. The van der Waals surface area contributed by atoms with Gasteiger partial charge in [-0.15, -0.1) is 11.8 Å². The van der Waals surface area contributed by atoms with Crippen LogP contribution in [0, 0.1) is 5.21 Å². The standard InChI is InChI=1S/C9H11NOS/c1-10(11)7-8-3-5-9(12-2)6-4-8/h3-7H,1-2H3/b10-7-. The van der Waals surface area contributed by atoms with Crippen molar-refractivity contribution in [2.75, 3.05) is 13.3 Å². The van der Waals surface area contributed by atoms with Gasteiger partial charge in [-0.1, -0.05) is 0 Å². The van der Waals surface area contributed by atoms with Crippen LogP contribution in [0.2, 0.25) is 0 Å². The van der Waals surface area contributed by atoms with Gasteiger partial charge < -0.3 is 5.21 Å². The zero-order valence-corrected chi connectivity index (χ0v) is 7.97. The Kier molecular flexibility index (Phi) is 3.17. The van der Waals surface area contributed by atoms with E-state index in [-0.39, 0.29) is 0 Å². The molecule has 64 valence electrons. The Labute approximate surface area is 76.5 Å². The third-order valence-corrected chi connectivity index (χ3v) is 2.19. The number of rotatable bonds is 2. The van der Waals surface area contributed by atoms with Gasteiger partial charge in [-0.25, -0.2) is 4.74 Å². The van der Waals surface area contributed by atoms with E-state index in [2.05, 4.69) is 0 Å². The second-order valence-corrected chi connectivity index (χ2v) is 3.33. The maximum Gasteiger partial charge on any atom is 0.181 e. The van der Waals surface area contributed by atoms with Crippen molar-refractivity contribution >= 4 is 18.0 Å². The Morgan fingerprint density at radius 1 is 1.33 bits per heavy atom. The molecule has 1 aromatic rings. The summed E-state index contributed by atoms with van der Waals surface area (Å²) >= 11 is 1.69. The van der Waals surface area contributed by atoms with Crippen LogP contribution in [0.1, 0.15) is 5.56 Å². The number of hydrogen-bond acceptors (Lipinski definition) is 2. The number of nitrogens with zero attached hydrogens (tertiary/aromatic N) is 1. The quantitative estimate of drug-likeness (QED) is 0.229. The van der Waals surface area contributed by atoms with Crippen LogP contribution >= 0.6 is 11.8 Å². The van der Waals surface area contributed by atoms with Crippen molar-refractivity contribution in [3.63, 3.8) is 0 Å². The molecule has 0 fully saturated rings. The summed E-state index contributed by atoms with van der Waals surface area (Å²) in [5.74, 6) is 0. The average Bonchev–Trinajstić information content (AvgIpc) is 2.05. The van der Waals surface area contributed by atoms with E-state index in [0.717, 1.165) is 10.3 Å². The lowest BCUT2D eigenvalue weighted by atomic mass is 10.2. The minimum atomic E-state index is 0.800. The minimum Gasteiger partial charge on any atom is -0.624 e. The van der Waals surface area contributed by atoms with Gasteiger partial charge in [0, 0.05) is 10.5 Å². The van der Waals surface area contributed by atoms with Crippen LogP contribution in [0.4, 0.5) is 0 Å². The van der Waals surface area contributed by atoms with Crippen molar-refractivity contribution in [2.24, 2.45) is 0 Å². The van der Waals surface area contributed by atoms with E-state index in [9.17, 15) is 5.21 Å². The third kappa shape index (κ3) is 2.58. The first-order valence-electron chi connectivity index (χ1n) is 3.61. The second kappa shape index (κ2) is 4.16. The number of benzene rings is 1. The van der Waals surface area contributed by atoms with Gasteiger partial charge in [0.25, 0.3) is 0 Å². The SMILES string of the molecule is CSc1ccc(/C=[N+](/C)[O-])cc1. The first-order chi connectivity index (χ1) is 5.72. The molecule has 0 unspecified atom stereocenters. The molecular formula is C9H11NOS. The van der Waals surface area contributed by atoms with Gasteiger partial charge >= 0.3 is 0 Å². The van der Waals surface area contributed by atoms with Crippen molar-refractivity contribution in [2.45, 2.75) is 4.90 Å². The molecule has 0 saturated heterocycles. The van der Waals surface area contributed by atoms with Gasteiger partial charge in [-0.05, 0) is 30.5 Å². The molecule has 0 saturated carbocycles. The summed E-state index contributed by atoms with van der Waals surface area (Å²) in [7, 11) is 1.47. The molecule has 12 heavy (non-hydrogen) atoms. The van der Waals surface area contributed by atoms with Gasteiger partial charge in [0.05, 0.1) is 0 Å². The van der Waals surface area contributed by atoms with E-state index in [1.165, 1.54) is 11.9 Å². The predicted molar refractivity (Wildman–Crippen MR) is 52.9 cm³/mol. The largest absolute Gasteiger partial charge is 0.624 e. The van der Waals surface area contributed by atoms with Crippen LogP contribution < -0.4 is 0 Å². The highest BCUT2D eigenvalue weighted by atomic mass is 32.2. The van der Waals surface area contributed by atoms with Crippen LogP contribution in [-0.2, 0) is 0 Å². The zero-order chi connectivity index (χ0) is 8.97. The molecule has 0 radical (unpaired) electrons. The van der Waals surface area contributed by atoms with Gasteiger partial charge in [0.15, 0.2) is 6.21 Å². The fraction of sp³-hybridized carbons (Fsp3) is 0.222. The van der Waals surface area contributed by atoms with Crippen molar-refractivity contribution in [3.05, 3.63) is 35.0 Å². The molecule has 0 bridgehead atoms. The van der Waals surface area contributed by atoms with Crippen LogP contribution in [0.5, 0.6) is 0 Å². The molecule has 0 heterocycles. The molecule has 0 aromatic heterocycles. The normalized spacial score (nSPS) is 11.7. The summed E-state index contributed by atoms with van der Waals surface area (Å²) in [4.78, 5) is 1.21. The van der Waals surface area contributed by atoms with Crippen LogP contribution in [0.25, 0.3) is 0 Å². The first kappa shape index (κ1) is 9.13. The Morgan fingerprint density at radius 3 is 2.33 bits per heavy atom. The summed E-state index contributed by atoms with van der Waals surface area (Å²) in [5, 5.41) is 10.6. The number of hydroxylamine groups is 1. The maximum absolute atomic E-state index is 10.6. The zero-order valence-electron chi connectivity index (χ0n) is 7.15. The Balaban J connectivity index is 2.85. The summed E-state index contributed by atoms with van der Waals surface area (Å²) in [6.07, 6.45) is 3.57. The van der Waals surface area contributed by atoms with E-state index in [0.29, 0.717) is 0 Å². The van der Waals surface area contributed by atoms with Crippen LogP contribution in [-0.4, -0.2) is 24.3 Å². The molecule has 0 aliphatic carbocycles. The smallest absolute Gasteiger partial charge is 0.181 e. The fourth-order valence-corrected chi connectivity index (χ4v) is 1.31.